The molecular weight excluding hydrogens is 290 g/mol. The molecule has 0 unspecified atom stereocenters. The standard InChI is InChI=1S/C15H19NO2S2/c1-4-11-14(9-19)20-15(16-11)8-10-5-6-12(17-2)13(7-10)18-3/h5-7,19H,4,8-9H2,1-3H3. The van der Waals surface area contributed by atoms with Crippen LogP contribution in [0.1, 0.15) is 28.1 Å². The third-order valence-electron chi connectivity index (χ3n) is 3.10. The highest BCUT2D eigenvalue weighted by Crippen LogP contribution is 2.30. The van der Waals surface area contributed by atoms with Crippen LogP contribution in [0, 0.1) is 0 Å². The molecule has 0 amide bonds. The van der Waals surface area contributed by atoms with Gasteiger partial charge in [0.05, 0.1) is 24.9 Å². The summed E-state index contributed by atoms with van der Waals surface area (Å²) in [6.45, 7) is 2.13. The van der Waals surface area contributed by atoms with E-state index < -0.39 is 0 Å². The summed E-state index contributed by atoms with van der Waals surface area (Å²) < 4.78 is 10.6. The first-order valence-electron chi connectivity index (χ1n) is 6.51. The molecule has 1 aromatic carbocycles. The topological polar surface area (TPSA) is 31.4 Å². The number of aryl methyl sites for hydroxylation is 1. The summed E-state index contributed by atoms with van der Waals surface area (Å²) in [5.74, 6) is 2.26. The molecule has 0 bridgehead atoms. The van der Waals surface area contributed by atoms with Crippen molar-refractivity contribution in [3.8, 4) is 11.5 Å². The average Bonchev–Trinajstić information content (AvgIpc) is 2.89. The van der Waals surface area contributed by atoms with E-state index in [9.17, 15) is 0 Å². The molecule has 1 heterocycles. The number of thiol groups is 1. The summed E-state index contributed by atoms with van der Waals surface area (Å²) in [4.78, 5) is 5.96. The van der Waals surface area contributed by atoms with E-state index in [1.807, 2.05) is 12.1 Å². The fraction of sp³-hybridized carbons (Fsp3) is 0.400. The number of hydrogen-bond donors (Lipinski definition) is 1. The van der Waals surface area contributed by atoms with Crippen LogP contribution in [0.15, 0.2) is 18.2 Å². The Balaban J connectivity index is 2.23. The zero-order valence-corrected chi connectivity index (χ0v) is 13.7. The van der Waals surface area contributed by atoms with Crippen molar-refractivity contribution in [3.05, 3.63) is 39.3 Å². The summed E-state index contributed by atoms with van der Waals surface area (Å²) in [6, 6.07) is 5.99. The number of hydrogen-bond acceptors (Lipinski definition) is 5. The maximum atomic E-state index is 5.33. The van der Waals surface area contributed by atoms with Gasteiger partial charge in [-0.1, -0.05) is 13.0 Å². The van der Waals surface area contributed by atoms with Gasteiger partial charge < -0.3 is 9.47 Å². The minimum Gasteiger partial charge on any atom is -0.493 e. The van der Waals surface area contributed by atoms with Gasteiger partial charge in [0.1, 0.15) is 0 Å². The number of benzene rings is 1. The van der Waals surface area contributed by atoms with Gasteiger partial charge >= 0.3 is 0 Å². The highest BCUT2D eigenvalue weighted by Gasteiger charge is 2.10. The van der Waals surface area contributed by atoms with Gasteiger partial charge in [0.25, 0.3) is 0 Å². The molecule has 20 heavy (non-hydrogen) atoms. The van der Waals surface area contributed by atoms with Crippen LogP contribution in [0.2, 0.25) is 0 Å². The summed E-state index contributed by atoms with van der Waals surface area (Å²) in [6.07, 6.45) is 1.77. The van der Waals surface area contributed by atoms with E-state index in [0.29, 0.717) is 0 Å². The normalized spacial score (nSPS) is 10.6. The molecule has 0 aliphatic carbocycles. The zero-order valence-electron chi connectivity index (χ0n) is 12.0. The molecule has 0 aliphatic heterocycles. The van der Waals surface area contributed by atoms with E-state index in [-0.39, 0.29) is 0 Å². The van der Waals surface area contributed by atoms with Crippen molar-refractivity contribution in [2.75, 3.05) is 14.2 Å². The first-order valence-corrected chi connectivity index (χ1v) is 7.95. The van der Waals surface area contributed by atoms with Crippen LogP contribution in [-0.4, -0.2) is 19.2 Å². The minimum atomic E-state index is 0.751. The molecule has 3 nitrogen and oxygen atoms in total. The number of aromatic nitrogens is 1. The maximum absolute atomic E-state index is 5.33. The van der Waals surface area contributed by atoms with E-state index in [4.69, 9.17) is 14.5 Å². The maximum Gasteiger partial charge on any atom is 0.160 e. The summed E-state index contributed by atoms with van der Waals surface area (Å²) in [7, 11) is 3.30. The molecule has 0 radical (unpaired) electrons. The predicted octanol–water partition coefficient (Wildman–Crippen LogP) is 3.74. The molecule has 0 atom stereocenters. The Morgan fingerprint density at radius 1 is 1.20 bits per heavy atom. The molecule has 0 spiro atoms. The van der Waals surface area contributed by atoms with Crippen molar-refractivity contribution in [2.45, 2.75) is 25.5 Å². The van der Waals surface area contributed by atoms with Crippen LogP contribution in [-0.2, 0) is 18.6 Å². The molecule has 0 aliphatic rings. The Hall–Kier alpha value is -1.20. The third kappa shape index (κ3) is 3.27. The van der Waals surface area contributed by atoms with Gasteiger partial charge in [-0.3, -0.25) is 0 Å². The first-order chi connectivity index (χ1) is 9.71. The lowest BCUT2D eigenvalue weighted by molar-refractivity contribution is 0.354. The van der Waals surface area contributed by atoms with Crippen LogP contribution < -0.4 is 9.47 Å². The fourth-order valence-electron chi connectivity index (χ4n) is 2.08. The number of nitrogens with zero attached hydrogens (tertiary/aromatic N) is 1. The Bertz CT molecular complexity index is 560. The summed E-state index contributed by atoms with van der Waals surface area (Å²) in [5, 5.41) is 1.12. The van der Waals surface area contributed by atoms with Gasteiger partial charge in [-0.05, 0) is 24.1 Å². The molecular formula is C15H19NO2S2. The molecule has 0 N–H and O–H groups in total. The lowest BCUT2D eigenvalue weighted by Crippen LogP contribution is -1.94. The van der Waals surface area contributed by atoms with Crippen molar-refractivity contribution in [1.29, 1.82) is 0 Å². The van der Waals surface area contributed by atoms with Crippen molar-refractivity contribution >= 4 is 24.0 Å². The van der Waals surface area contributed by atoms with Gasteiger partial charge in [-0.2, -0.15) is 12.6 Å². The van der Waals surface area contributed by atoms with Crippen molar-refractivity contribution < 1.29 is 9.47 Å². The van der Waals surface area contributed by atoms with Gasteiger partial charge in [0.2, 0.25) is 0 Å². The van der Waals surface area contributed by atoms with Crippen molar-refractivity contribution in [1.82, 2.24) is 4.98 Å². The number of ether oxygens (including phenoxy) is 2. The lowest BCUT2D eigenvalue weighted by atomic mass is 10.1. The number of thiazole rings is 1. The Morgan fingerprint density at radius 2 is 1.95 bits per heavy atom. The highest BCUT2D eigenvalue weighted by molar-refractivity contribution is 7.79. The fourth-order valence-corrected chi connectivity index (χ4v) is 3.51. The Morgan fingerprint density at radius 3 is 2.50 bits per heavy atom. The van der Waals surface area contributed by atoms with E-state index in [0.717, 1.165) is 35.1 Å². The van der Waals surface area contributed by atoms with Crippen LogP contribution in [0.4, 0.5) is 0 Å². The van der Waals surface area contributed by atoms with E-state index in [1.165, 1.54) is 16.1 Å². The molecule has 1 aromatic heterocycles. The quantitative estimate of drug-likeness (QED) is 0.825. The molecule has 2 aromatic rings. The summed E-state index contributed by atoms with van der Waals surface area (Å²) >= 11 is 6.11. The average molecular weight is 309 g/mol. The van der Waals surface area contributed by atoms with E-state index in [1.54, 1.807) is 25.6 Å². The van der Waals surface area contributed by atoms with Crippen molar-refractivity contribution in [2.24, 2.45) is 0 Å². The van der Waals surface area contributed by atoms with Crippen LogP contribution in [0.25, 0.3) is 0 Å². The highest BCUT2D eigenvalue weighted by atomic mass is 32.1. The molecule has 0 fully saturated rings. The number of methoxy groups -OCH3 is 2. The van der Waals surface area contributed by atoms with Gasteiger partial charge in [0, 0.05) is 17.1 Å². The smallest absolute Gasteiger partial charge is 0.160 e. The van der Waals surface area contributed by atoms with E-state index in [2.05, 4.69) is 25.6 Å². The van der Waals surface area contributed by atoms with Gasteiger partial charge in [-0.25, -0.2) is 4.98 Å². The monoisotopic (exact) mass is 309 g/mol. The van der Waals surface area contributed by atoms with Crippen LogP contribution in [0.3, 0.4) is 0 Å². The Kier molecular flexibility index (Phi) is 5.31. The largest absolute Gasteiger partial charge is 0.493 e. The van der Waals surface area contributed by atoms with Crippen molar-refractivity contribution in [3.63, 3.8) is 0 Å². The Labute approximate surface area is 129 Å². The molecule has 2 rings (SSSR count). The summed E-state index contributed by atoms with van der Waals surface area (Å²) in [5.41, 5.74) is 2.34. The molecule has 0 saturated carbocycles. The zero-order chi connectivity index (χ0) is 14.5. The lowest BCUT2D eigenvalue weighted by Gasteiger charge is -2.08. The van der Waals surface area contributed by atoms with Crippen LogP contribution in [0.5, 0.6) is 11.5 Å². The first kappa shape index (κ1) is 15.2. The SMILES string of the molecule is CCc1nc(Cc2ccc(OC)c(OC)c2)sc1CS. The third-order valence-corrected chi connectivity index (χ3v) is 4.73. The van der Waals surface area contributed by atoms with Crippen LogP contribution >= 0.6 is 24.0 Å². The second-order valence-electron chi connectivity index (χ2n) is 4.36. The molecule has 5 heteroatoms. The second kappa shape index (κ2) is 6.99. The predicted molar refractivity (Wildman–Crippen MR) is 86.5 cm³/mol. The van der Waals surface area contributed by atoms with Gasteiger partial charge in [-0.15, -0.1) is 11.3 Å². The molecule has 108 valence electrons. The van der Waals surface area contributed by atoms with Gasteiger partial charge in [0.15, 0.2) is 11.5 Å². The second-order valence-corrected chi connectivity index (χ2v) is 5.84. The molecule has 0 saturated heterocycles. The van der Waals surface area contributed by atoms with E-state index >= 15 is 0 Å². The number of rotatable bonds is 6. The minimum absolute atomic E-state index is 0.751.